The molecule has 3 rings (SSSR count). The summed E-state index contributed by atoms with van der Waals surface area (Å²) in [6.45, 7) is 9.32. The largest absolute Gasteiger partial charge is 0.376 e. The van der Waals surface area contributed by atoms with E-state index in [1.54, 1.807) is 0 Å². The number of aromatic nitrogens is 3. The normalized spacial score (nSPS) is 21.9. The molecule has 2 aliphatic rings. The first-order valence-electron chi connectivity index (χ1n) is 21.3. The van der Waals surface area contributed by atoms with E-state index in [1.165, 1.54) is 128 Å². The Kier molecular flexibility index (Phi) is 26.3. The van der Waals surface area contributed by atoms with Crippen molar-refractivity contribution in [3.05, 3.63) is 11.6 Å². The van der Waals surface area contributed by atoms with E-state index in [2.05, 4.69) is 13.8 Å². The molecule has 0 amide bonds. The fourth-order valence-corrected chi connectivity index (χ4v) is 7.07. The van der Waals surface area contributed by atoms with Gasteiger partial charge in [0.25, 0.3) is 0 Å². The molecular weight excluding hydrogens is 630 g/mol. The van der Waals surface area contributed by atoms with Crippen LogP contribution in [0.1, 0.15) is 192 Å². The number of rotatable bonds is 23. The number of nitrogens with zero attached hydrogens (tertiary/aromatic N) is 3. The van der Waals surface area contributed by atoms with Crippen molar-refractivity contribution < 1.29 is 28.4 Å². The van der Waals surface area contributed by atoms with Crippen LogP contribution in [0.2, 0.25) is 0 Å². The van der Waals surface area contributed by atoms with Crippen molar-refractivity contribution in [2.24, 2.45) is 0 Å². The molecule has 2 aliphatic heterocycles. The lowest BCUT2D eigenvalue weighted by molar-refractivity contribution is -0.0788. The zero-order valence-electron chi connectivity index (χ0n) is 32.6. The molecule has 0 aliphatic carbocycles. The number of fused-ring (bicyclic) bond motifs is 2. The molecule has 0 radical (unpaired) electrons. The van der Waals surface area contributed by atoms with Gasteiger partial charge in [0.1, 0.15) is 13.2 Å². The second-order valence-corrected chi connectivity index (χ2v) is 14.8. The smallest absolute Gasteiger partial charge is 0.176 e. The molecule has 3 atom stereocenters. The van der Waals surface area contributed by atoms with Gasteiger partial charge in [0.2, 0.25) is 0 Å². The molecule has 292 valence electrons. The summed E-state index contributed by atoms with van der Waals surface area (Å²) < 4.78 is 39.1. The van der Waals surface area contributed by atoms with Crippen molar-refractivity contribution in [2.75, 3.05) is 46.2 Å². The lowest BCUT2D eigenvalue weighted by atomic mass is 10.0. The second kappa shape index (κ2) is 30.4. The van der Waals surface area contributed by atoms with Crippen molar-refractivity contribution >= 4 is 0 Å². The van der Waals surface area contributed by atoms with Crippen LogP contribution in [-0.4, -0.2) is 73.2 Å². The molecule has 1 aromatic heterocycles. The Morgan fingerprint density at radius 3 is 1.52 bits per heavy atom. The molecule has 9 nitrogen and oxygen atoms in total. The van der Waals surface area contributed by atoms with Gasteiger partial charge < -0.3 is 28.4 Å². The number of hydrogen-bond donors (Lipinski definition) is 0. The number of hydrogen-bond acceptors (Lipinski definition) is 8. The van der Waals surface area contributed by atoms with E-state index in [9.17, 15) is 0 Å². The summed E-state index contributed by atoms with van der Waals surface area (Å²) in [5.41, 5.74) is 0. The van der Waals surface area contributed by atoms with Crippen LogP contribution in [0.4, 0.5) is 0 Å². The maximum Gasteiger partial charge on any atom is 0.176 e. The van der Waals surface area contributed by atoms with Gasteiger partial charge in [-0.1, -0.05) is 142 Å². The summed E-state index contributed by atoms with van der Waals surface area (Å²) in [4.78, 5) is 4.78. The summed E-state index contributed by atoms with van der Waals surface area (Å²) >= 11 is 0. The Bertz CT molecular complexity index is 896. The molecular formula is C41H77N3O6. The molecule has 1 aromatic rings. The number of ether oxygens (including phenoxy) is 6. The lowest BCUT2D eigenvalue weighted by Gasteiger charge is -2.23. The third-order valence-electron chi connectivity index (χ3n) is 10.2. The Hall–Kier alpha value is -1.10. The standard InChI is InChI=1S/C41H77N3O6/c1-3-5-7-9-11-13-15-17-19-21-25-37-33-47-34-38(26-22-20-18-16-14-12-10-8-6-4-2)49-32-30-46-36-40-42-39(35-45-29-31-48-37)43-44(40)41-27-23-24-28-50-41/h37-38,41H,3-36H2,1-2H3. The average Bonchev–Trinajstić information content (AvgIpc) is 3.54. The first kappa shape index (κ1) is 43.3. The van der Waals surface area contributed by atoms with Gasteiger partial charge in [-0.25, -0.2) is 9.67 Å². The van der Waals surface area contributed by atoms with Crippen molar-refractivity contribution in [1.29, 1.82) is 0 Å². The van der Waals surface area contributed by atoms with Gasteiger partial charge in [-0.05, 0) is 32.1 Å². The van der Waals surface area contributed by atoms with Gasteiger partial charge in [0.05, 0.1) is 51.8 Å². The van der Waals surface area contributed by atoms with Crippen molar-refractivity contribution in [3.63, 3.8) is 0 Å². The number of unbranched alkanes of at least 4 members (excludes halogenated alkanes) is 18. The Balaban J connectivity index is 1.47. The minimum absolute atomic E-state index is 0.0683. The predicted octanol–water partition coefficient (Wildman–Crippen LogP) is 10.4. The van der Waals surface area contributed by atoms with Gasteiger partial charge in [-0.2, -0.15) is 5.10 Å². The van der Waals surface area contributed by atoms with E-state index in [-0.39, 0.29) is 18.4 Å². The summed E-state index contributed by atoms with van der Waals surface area (Å²) in [6, 6.07) is 0. The Labute approximate surface area is 306 Å². The lowest BCUT2D eigenvalue weighted by Crippen LogP contribution is -2.27. The van der Waals surface area contributed by atoms with E-state index < -0.39 is 0 Å². The molecule has 2 bridgehead atoms. The molecule has 50 heavy (non-hydrogen) atoms. The van der Waals surface area contributed by atoms with Crippen LogP contribution >= 0.6 is 0 Å². The van der Waals surface area contributed by atoms with Crippen molar-refractivity contribution in [2.45, 2.75) is 206 Å². The molecule has 1 saturated heterocycles. The van der Waals surface area contributed by atoms with Crippen LogP contribution in [0, 0.1) is 0 Å². The van der Waals surface area contributed by atoms with E-state index >= 15 is 0 Å². The van der Waals surface area contributed by atoms with Gasteiger partial charge in [0, 0.05) is 6.61 Å². The summed E-state index contributed by atoms with van der Waals surface area (Å²) in [7, 11) is 0. The SMILES string of the molecule is CCCCCCCCCCCCC1COCC(CCCCCCCCCCCC)OCCOCc2nc(nn2C2CCCCO2)COCCO1. The Morgan fingerprint density at radius 2 is 1.02 bits per heavy atom. The third kappa shape index (κ3) is 20.8. The highest BCUT2D eigenvalue weighted by Gasteiger charge is 2.22. The van der Waals surface area contributed by atoms with Gasteiger partial charge in [-0.3, -0.25) is 0 Å². The summed E-state index contributed by atoms with van der Waals surface area (Å²) in [5, 5.41) is 4.77. The van der Waals surface area contributed by atoms with Crippen molar-refractivity contribution in [1.82, 2.24) is 14.8 Å². The first-order valence-corrected chi connectivity index (χ1v) is 21.3. The topological polar surface area (TPSA) is 86.1 Å². The van der Waals surface area contributed by atoms with Crippen LogP contribution in [-0.2, 0) is 41.6 Å². The van der Waals surface area contributed by atoms with E-state index in [0.29, 0.717) is 58.7 Å². The maximum atomic E-state index is 6.38. The zero-order chi connectivity index (χ0) is 35.2. The maximum absolute atomic E-state index is 6.38. The first-order chi connectivity index (χ1) is 24.8. The van der Waals surface area contributed by atoms with Crippen LogP contribution < -0.4 is 0 Å². The molecule has 0 N–H and O–H groups in total. The minimum Gasteiger partial charge on any atom is -0.376 e. The minimum atomic E-state index is -0.0913. The third-order valence-corrected chi connectivity index (χ3v) is 10.2. The molecule has 0 saturated carbocycles. The van der Waals surface area contributed by atoms with E-state index in [4.69, 9.17) is 38.5 Å². The fourth-order valence-electron chi connectivity index (χ4n) is 7.07. The quantitative estimate of drug-likeness (QED) is 0.104. The van der Waals surface area contributed by atoms with Crippen LogP contribution in [0.15, 0.2) is 0 Å². The van der Waals surface area contributed by atoms with Crippen LogP contribution in [0.3, 0.4) is 0 Å². The zero-order valence-corrected chi connectivity index (χ0v) is 32.6. The van der Waals surface area contributed by atoms with Gasteiger partial charge in [0.15, 0.2) is 17.9 Å². The van der Waals surface area contributed by atoms with Gasteiger partial charge in [-0.15, -0.1) is 0 Å². The fraction of sp³-hybridized carbons (Fsp3) is 0.951. The second-order valence-electron chi connectivity index (χ2n) is 14.8. The predicted molar refractivity (Wildman–Crippen MR) is 201 cm³/mol. The molecule has 0 spiro atoms. The summed E-state index contributed by atoms with van der Waals surface area (Å²) in [6.07, 6.45) is 32.0. The highest BCUT2D eigenvalue weighted by molar-refractivity contribution is 4.92. The summed E-state index contributed by atoms with van der Waals surface area (Å²) in [5.74, 6) is 1.45. The monoisotopic (exact) mass is 708 g/mol. The Morgan fingerprint density at radius 1 is 0.520 bits per heavy atom. The van der Waals surface area contributed by atoms with Crippen LogP contribution in [0.5, 0.6) is 0 Å². The van der Waals surface area contributed by atoms with E-state index in [1.807, 2.05) is 4.68 Å². The highest BCUT2D eigenvalue weighted by Crippen LogP contribution is 2.24. The van der Waals surface area contributed by atoms with E-state index in [0.717, 1.165) is 44.5 Å². The molecule has 1 fully saturated rings. The molecule has 0 aromatic carbocycles. The van der Waals surface area contributed by atoms with Crippen molar-refractivity contribution in [3.8, 4) is 0 Å². The van der Waals surface area contributed by atoms with Crippen LogP contribution in [0.25, 0.3) is 0 Å². The molecule has 3 heterocycles. The average molecular weight is 708 g/mol. The molecule has 3 unspecified atom stereocenters. The van der Waals surface area contributed by atoms with Gasteiger partial charge >= 0.3 is 0 Å². The molecule has 9 heteroatoms. The highest BCUT2D eigenvalue weighted by atomic mass is 16.6.